The normalized spacial score (nSPS) is 14.5. The first-order valence-electron chi connectivity index (χ1n) is 12.6. The summed E-state index contributed by atoms with van der Waals surface area (Å²) in [5, 5.41) is 16.5. The minimum absolute atomic E-state index is 0.280. The van der Waals surface area contributed by atoms with E-state index in [0.717, 1.165) is 62.6 Å². The number of ether oxygens (including phenoxy) is 1. The molecule has 0 unspecified atom stereocenters. The molecule has 0 radical (unpaired) electrons. The van der Waals surface area contributed by atoms with Crippen LogP contribution in [-0.4, -0.2) is 82.7 Å². The van der Waals surface area contributed by atoms with E-state index in [9.17, 15) is 22.8 Å². The van der Waals surface area contributed by atoms with Crippen molar-refractivity contribution in [1.29, 1.82) is 0 Å². The minimum Gasteiger partial charge on any atom is -0.493 e. The number of piperidine rings is 1. The third-order valence-electron chi connectivity index (χ3n) is 6.02. The Balaban J connectivity index is 0.000000611. The monoisotopic (exact) mass is 581 g/mol. The number of likely N-dealkylation sites (tertiary alicyclic amines) is 1. The van der Waals surface area contributed by atoms with Crippen LogP contribution in [0, 0.1) is 17.5 Å². The van der Waals surface area contributed by atoms with Crippen LogP contribution in [0.4, 0.5) is 18.9 Å². The maximum atomic E-state index is 13.5. The standard InChI is InChI=1S/C24H30F3N3OS.C4H4O4/c1-29(24(32-2)28-19-7-5-6-18(25)16-19)20-10-13-30(14-11-20)12-3-4-15-31-21-8-9-22(26)23(27)17-21;5-3(6)1-2-4(7)8/h5-9,16-17,20H,3-4,10-15H2,1-2H3;1-2H,(H,5,6)(H,7,8)/b;2-1+. The summed E-state index contributed by atoms with van der Waals surface area (Å²) in [6.07, 6.45) is 7.04. The van der Waals surface area contributed by atoms with E-state index in [1.807, 2.05) is 12.3 Å². The van der Waals surface area contributed by atoms with E-state index in [4.69, 9.17) is 14.9 Å². The Bertz CT molecular complexity index is 1160. The molecule has 0 bridgehead atoms. The van der Waals surface area contributed by atoms with Gasteiger partial charge in [-0.15, -0.1) is 0 Å². The predicted molar refractivity (Wildman–Crippen MR) is 150 cm³/mol. The Kier molecular flexibility index (Phi) is 14.1. The largest absolute Gasteiger partial charge is 0.493 e. The van der Waals surface area contributed by atoms with E-state index in [1.54, 1.807) is 17.8 Å². The summed E-state index contributed by atoms with van der Waals surface area (Å²) < 4.78 is 45.1. The van der Waals surface area contributed by atoms with Crippen molar-refractivity contribution in [1.82, 2.24) is 9.80 Å². The number of unbranched alkanes of at least 4 members (excludes halogenated alkanes) is 1. The first kappa shape index (κ1) is 32.7. The summed E-state index contributed by atoms with van der Waals surface area (Å²) in [4.78, 5) is 28.4. The molecular formula is C28H34F3N3O5S. The van der Waals surface area contributed by atoms with Crippen molar-refractivity contribution in [2.45, 2.75) is 31.7 Å². The smallest absolute Gasteiger partial charge is 0.328 e. The van der Waals surface area contributed by atoms with Gasteiger partial charge in [0.15, 0.2) is 16.8 Å². The van der Waals surface area contributed by atoms with Crippen LogP contribution in [0.5, 0.6) is 5.75 Å². The number of nitrogens with zero attached hydrogens (tertiary/aromatic N) is 3. The summed E-state index contributed by atoms with van der Waals surface area (Å²) in [5.41, 5.74) is 0.629. The van der Waals surface area contributed by atoms with Crippen molar-refractivity contribution in [3.05, 3.63) is 72.1 Å². The number of aliphatic imine (C=N–C) groups is 1. The molecule has 2 aromatic rings. The molecule has 0 spiro atoms. The molecule has 1 fully saturated rings. The zero-order chi connectivity index (χ0) is 29.5. The zero-order valence-electron chi connectivity index (χ0n) is 22.4. The Labute approximate surface area is 236 Å². The highest BCUT2D eigenvalue weighted by molar-refractivity contribution is 8.13. The molecule has 218 valence electrons. The van der Waals surface area contributed by atoms with Crippen molar-refractivity contribution < 1.29 is 37.7 Å². The molecule has 2 aromatic carbocycles. The van der Waals surface area contributed by atoms with Gasteiger partial charge in [-0.05, 0) is 68.8 Å². The number of hydrogen-bond donors (Lipinski definition) is 2. The third-order valence-corrected chi connectivity index (χ3v) is 6.76. The maximum Gasteiger partial charge on any atom is 0.328 e. The van der Waals surface area contributed by atoms with E-state index in [1.165, 1.54) is 18.2 Å². The van der Waals surface area contributed by atoms with Crippen LogP contribution in [0.2, 0.25) is 0 Å². The van der Waals surface area contributed by atoms with E-state index < -0.39 is 23.6 Å². The highest BCUT2D eigenvalue weighted by atomic mass is 32.2. The molecule has 2 N–H and O–H groups in total. The Hall–Kier alpha value is -3.51. The molecule has 0 aliphatic carbocycles. The van der Waals surface area contributed by atoms with Crippen molar-refractivity contribution in [3.63, 3.8) is 0 Å². The van der Waals surface area contributed by atoms with Crippen LogP contribution >= 0.6 is 11.8 Å². The van der Waals surface area contributed by atoms with Crippen LogP contribution in [-0.2, 0) is 9.59 Å². The van der Waals surface area contributed by atoms with E-state index in [-0.39, 0.29) is 5.82 Å². The molecule has 1 aliphatic rings. The van der Waals surface area contributed by atoms with Crippen molar-refractivity contribution in [2.75, 3.05) is 39.5 Å². The lowest BCUT2D eigenvalue weighted by Gasteiger charge is -2.37. The Morgan fingerprint density at radius 3 is 2.30 bits per heavy atom. The van der Waals surface area contributed by atoms with E-state index in [2.05, 4.69) is 21.8 Å². The highest BCUT2D eigenvalue weighted by Gasteiger charge is 2.24. The number of benzene rings is 2. The predicted octanol–water partition coefficient (Wildman–Crippen LogP) is 5.42. The van der Waals surface area contributed by atoms with Gasteiger partial charge in [0.05, 0.1) is 12.3 Å². The molecule has 3 rings (SSSR count). The average molecular weight is 582 g/mol. The molecule has 1 aliphatic heterocycles. The van der Waals surface area contributed by atoms with Crippen molar-refractivity contribution in [2.24, 2.45) is 4.99 Å². The number of thioether (sulfide) groups is 1. The molecule has 0 aromatic heterocycles. The molecule has 0 amide bonds. The van der Waals surface area contributed by atoms with E-state index in [0.29, 0.717) is 36.2 Å². The molecule has 0 atom stereocenters. The second-order valence-electron chi connectivity index (χ2n) is 8.90. The summed E-state index contributed by atoms with van der Waals surface area (Å²) in [6.45, 7) is 3.50. The number of amidine groups is 1. The minimum atomic E-state index is -1.26. The number of aliphatic carboxylic acids is 2. The lowest BCUT2D eigenvalue weighted by Crippen LogP contribution is -2.45. The molecule has 12 heteroatoms. The van der Waals surface area contributed by atoms with Gasteiger partial charge in [0.1, 0.15) is 11.6 Å². The highest BCUT2D eigenvalue weighted by Crippen LogP contribution is 2.22. The lowest BCUT2D eigenvalue weighted by molar-refractivity contribution is -0.134. The number of carbonyl (C=O) groups is 2. The molecule has 1 heterocycles. The second-order valence-corrected chi connectivity index (χ2v) is 9.68. The fraction of sp³-hybridized carbons (Fsp3) is 0.393. The SMILES string of the molecule is CSC(=Nc1cccc(F)c1)N(C)C1CCN(CCCCOc2ccc(F)c(F)c2)CC1.O=C(O)/C=C/C(=O)O. The second kappa shape index (κ2) is 17.2. The summed E-state index contributed by atoms with van der Waals surface area (Å²) in [7, 11) is 2.06. The van der Waals surface area contributed by atoms with Gasteiger partial charge in [-0.3, -0.25) is 0 Å². The fourth-order valence-electron chi connectivity index (χ4n) is 3.95. The average Bonchev–Trinajstić information content (AvgIpc) is 2.92. The van der Waals surface area contributed by atoms with Gasteiger partial charge in [-0.1, -0.05) is 17.8 Å². The van der Waals surface area contributed by atoms with Crippen LogP contribution in [0.3, 0.4) is 0 Å². The van der Waals surface area contributed by atoms with Crippen LogP contribution in [0.25, 0.3) is 0 Å². The lowest BCUT2D eigenvalue weighted by atomic mass is 10.0. The molecule has 8 nitrogen and oxygen atoms in total. The van der Waals surface area contributed by atoms with Gasteiger partial charge in [0.2, 0.25) is 0 Å². The Morgan fingerprint density at radius 1 is 1.05 bits per heavy atom. The maximum absolute atomic E-state index is 13.5. The number of hydrogen-bond acceptors (Lipinski definition) is 6. The van der Waals surface area contributed by atoms with Crippen LogP contribution < -0.4 is 4.74 Å². The molecular weight excluding hydrogens is 547 g/mol. The zero-order valence-corrected chi connectivity index (χ0v) is 23.2. The number of rotatable bonds is 10. The van der Waals surface area contributed by atoms with Gasteiger partial charge in [0, 0.05) is 44.4 Å². The molecule has 0 saturated carbocycles. The molecule has 40 heavy (non-hydrogen) atoms. The number of carboxylic acids is 2. The van der Waals surface area contributed by atoms with Crippen LogP contribution in [0.1, 0.15) is 25.7 Å². The first-order valence-corrected chi connectivity index (χ1v) is 13.9. The number of halogens is 3. The van der Waals surface area contributed by atoms with Crippen molar-refractivity contribution >= 4 is 34.6 Å². The summed E-state index contributed by atoms with van der Waals surface area (Å²) >= 11 is 1.57. The summed E-state index contributed by atoms with van der Waals surface area (Å²) in [5.74, 6) is -4.19. The quantitative estimate of drug-likeness (QED) is 0.166. The molecule has 1 saturated heterocycles. The third kappa shape index (κ3) is 12.1. The van der Waals surface area contributed by atoms with Crippen LogP contribution in [0.15, 0.2) is 59.6 Å². The van der Waals surface area contributed by atoms with E-state index >= 15 is 0 Å². The number of carboxylic acid groups (broad SMARTS) is 2. The van der Waals surface area contributed by atoms with Gasteiger partial charge in [-0.25, -0.2) is 27.8 Å². The fourth-order valence-corrected chi connectivity index (χ4v) is 4.58. The topological polar surface area (TPSA) is 103 Å². The van der Waals surface area contributed by atoms with Gasteiger partial charge in [-0.2, -0.15) is 0 Å². The van der Waals surface area contributed by atoms with Gasteiger partial charge < -0.3 is 24.7 Å². The van der Waals surface area contributed by atoms with Gasteiger partial charge >= 0.3 is 11.9 Å². The summed E-state index contributed by atoms with van der Waals surface area (Å²) in [6, 6.07) is 10.4. The van der Waals surface area contributed by atoms with Gasteiger partial charge in [0.25, 0.3) is 0 Å². The Morgan fingerprint density at radius 2 is 1.73 bits per heavy atom. The van der Waals surface area contributed by atoms with Crippen molar-refractivity contribution in [3.8, 4) is 5.75 Å². The first-order chi connectivity index (χ1) is 19.1.